The summed E-state index contributed by atoms with van der Waals surface area (Å²) in [6.45, 7) is 0.378. The number of primary amides is 1. The van der Waals surface area contributed by atoms with Crippen LogP contribution in [-0.4, -0.2) is 25.6 Å². The number of hydrogen-bond acceptors (Lipinski definition) is 7. The van der Waals surface area contributed by atoms with Gasteiger partial charge in [0, 0.05) is 25.2 Å². The molecule has 0 fully saturated rings. The summed E-state index contributed by atoms with van der Waals surface area (Å²) in [5.74, 6) is -0.751. The van der Waals surface area contributed by atoms with E-state index in [4.69, 9.17) is 11.5 Å². The summed E-state index contributed by atoms with van der Waals surface area (Å²) in [5.41, 5.74) is 11.8. The van der Waals surface area contributed by atoms with E-state index in [0.29, 0.717) is 11.5 Å². The van der Waals surface area contributed by atoms with Gasteiger partial charge < -0.3 is 16.8 Å². The van der Waals surface area contributed by atoms with Gasteiger partial charge in [-0.2, -0.15) is 0 Å². The lowest BCUT2D eigenvalue weighted by atomic mass is 10.3. The number of aromatic nitrogens is 1. The fourth-order valence-corrected chi connectivity index (χ4v) is 4.20. The van der Waals surface area contributed by atoms with Crippen LogP contribution in [0.25, 0.3) is 0 Å². The summed E-state index contributed by atoms with van der Waals surface area (Å²) < 4.78 is 23.7. The third-order valence-corrected chi connectivity index (χ3v) is 5.17. The van der Waals surface area contributed by atoms with Crippen LogP contribution in [-0.2, 0) is 16.4 Å². The van der Waals surface area contributed by atoms with Crippen molar-refractivity contribution in [3.05, 3.63) is 35.0 Å². The Kier molecular flexibility index (Phi) is 4.14. The van der Waals surface area contributed by atoms with Crippen LogP contribution in [0.2, 0.25) is 0 Å². The molecule has 0 saturated heterocycles. The second kappa shape index (κ2) is 5.70. The molecule has 2 aromatic heterocycles. The molecule has 0 aliphatic carbocycles. The Balaban J connectivity index is 2.39. The second-order valence-corrected chi connectivity index (χ2v) is 7.32. The minimum atomic E-state index is -3.58. The van der Waals surface area contributed by atoms with Crippen LogP contribution in [0, 0.1) is 0 Å². The SMILES string of the molecule is CS(=O)(=O)c1c(NCc2ccncc2)sc(C(N)=O)c1N. The fourth-order valence-electron chi connectivity index (χ4n) is 1.78. The van der Waals surface area contributed by atoms with Gasteiger partial charge in [0.1, 0.15) is 14.8 Å². The lowest BCUT2D eigenvalue weighted by Gasteiger charge is -2.06. The van der Waals surface area contributed by atoms with Gasteiger partial charge in [0.2, 0.25) is 0 Å². The minimum Gasteiger partial charge on any atom is -0.396 e. The summed E-state index contributed by atoms with van der Waals surface area (Å²) in [6.07, 6.45) is 4.30. The van der Waals surface area contributed by atoms with E-state index in [1.54, 1.807) is 24.5 Å². The molecule has 0 aliphatic heterocycles. The smallest absolute Gasteiger partial charge is 0.261 e. The van der Waals surface area contributed by atoms with Crippen LogP contribution in [0.3, 0.4) is 0 Å². The monoisotopic (exact) mass is 326 g/mol. The Morgan fingerprint density at radius 1 is 1.38 bits per heavy atom. The lowest BCUT2D eigenvalue weighted by molar-refractivity contribution is 0.100. The zero-order valence-electron chi connectivity index (χ0n) is 11.2. The first-order valence-corrected chi connectivity index (χ1v) is 8.56. The molecular formula is C12H14N4O3S2. The molecule has 5 N–H and O–H groups in total. The van der Waals surface area contributed by atoms with Crippen LogP contribution in [0.5, 0.6) is 0 Å². The normalized spacial score (nSPS) is 11.3. The topological polar surface area (TPSA) is 128 Å². The Hall–Kier alpha value is -2.13. The first-order valence-electron chi connectivity index (χ1n) is 5.85. The van der Waals surface area contributed by atoms with Crippen LogP contribution in [0.1, 0.15) is 15.2 Å². The summed E-state index contributed by atoms with van der Waals surface area (Å²) in [5, 5.41) is 3.28. The van der Waals surface area contributed by atoms with Crippen molar-refractivity contribution in [1.82, 2.24) is 4.98 Å². The molecule has 2 aromatic rings. The fraction of sp³-hybridized carbons (Fsp3) is 0.167. The maximum absolute atomic E-state index is 11.8. The van der Waals surface area contributed by atoms with Crippen molar-refractivity contribution in [3.63, 3.8) is 0 Å². The Bertz CT molecular complexity index is 769. The highest BCUT2D eigenvalue weighted by atomic mass is 32.2. The molecule has 7 nitrogen and oxygen atoms in total. The molecule has 0 spiro atoms. The third kappa shape index (κ3) is 3.31. The lowest BCUT2D eigenvalue weighted by Crippen LogP contribution is -2.12. The van der Waals surface area contributed by atoms with Gasteiger partial charge in [-0.15, -0.1) is 11.3 Å². The van der Waals surface area contributed by atoms with Gasteiger partial charge >= 0.3 is 0 Å². The zero-order valence-corrected chi connectivity index (χ0v) is 12.8. The molecule has 0 unspecified atom stereocenters. The van der Waals surface area contributed by atoms with E-state index in [9.17, 15) is 13.2 Å². The minimum absolute atomic E-state index is 0.0349. The second-order valence-electron chi connectivity index (χ2n) is 4.35. The number of nitrogens with two attached hydrogens (primary N) is 2. The van der Waals surface area contributed by atoms with Gasteiger partial charge in [-0.3, -0.25) is 9.78 Å². The van der Waals surface area contributed by atoms with E-state index < -0.39 is 15.7 Å². The average molecular weight is 326 g/mol. The van der Waals surface area contributed by atoms with Gasteiger partial charge in [-0.1, -0.05) is 0 Å². The molecule has 2 rings (SSSR count). The number of nitrogens with zero attached hydrogens (tertiary/aromatic N) is 1. The highest BCUT2D eigenvalue weighted by Gasteiger charge is 2.25. The van der Waals surface area contributed by atoms with Crippen molar-refractivity contribution in [2.45, 2.75) is 11.4 Å². The number of sulfone groups is 1. The van der Waals surface area contributed by atoms with Crippen LogP contribution >= 0.6 is 11.3 Å². The summed E-state index contributed by atoms with van der Waals surface area (Å²) in [6, 6.07) is 3.58. The van der Waals surface area contributed by atoms with Crippen molar-refractivity contribution in [3.8, 4) is 0 Å². The van der Waals surface area contributed by atoms with Crippen molar-refractivity contribution in [2.24, 2.45) is 5.73 Å². The van der Waals surface area contributed by atoms with Crippen LogP contribution < -0.4 is 16.8 Å². The van der Waals surface area contributed by atoms with Gasteiger partial charge in [-0.25, -0.2) is 8.42 Å². The number of rotatable bonds is 5. The molecule has 0 bridgehead atoms. The van der Waals surface area contributed by atoms with E-state index in [2.05, 4.69) is 10.3 Å². The number of nitrogens with one attached hydrogen (secondary N) is 1. The number of hydrogen-bond donors (Lipinski definition) is 3. The number of nitrogen functional groups attached to an aromatic ring is 1. The Morgan fingerprint density at radius 2 is 2.00 bits per heavy atom. The van der Waals surface area contributed by atoms with Crippen LogP contribution in [0.15, 0.2) is 29.4 Å². The van der Waals surface area contributed by atoms with Gasteiger partial charge in [0.05, 0.1) is 5.69 Å². The Morgan fingerprint density at radius 3 is 2.52 bits per heavy atom. The maximum atomic E-state index is 11.8. The molecule has 21 heavy (non-hydrogen) atoms. The maximum Gasteiger partial charge on any atom is 0.261 e. The number of amides is 1. The van der Waals surface area contributed by atoms with Gasteiger partial charge in [0.15, 0.2) is 9.84 Å². The van der Waals surface area contributed by atoms with E-state index in [0.717, 1.165) is 23.2 Å². The van der Waals surface area contributed by atoms with E-state index in [1.165, 1.54) is 0 Å². The van der Waals surface area contributed by atoms with E-state index >= 15 is 0 Å². The summed E-state index contributed by atoms with van der Waals surface area (Å²) in [4.78, 5) is 15.2. The van der Waals surface area contributed by atoms with Crippen molar-refractivity contribution >= 4 is 37.8 Å². The van der Waals surface area contributed by atoms with Crippen LogP contribution in [0.4, 0.5) is 10.7 Å². The van der Waals surface area contributed by atoms with E-state index in [1.807, 2.05) is 0 Å². The molecule has 0 atom stereocenters. The highest BCUT2D eigenvalue weighted by molar-refractivity contribution is 7.91. The van der Waals surface area contributed by atoms with E-state index in [-0.39, 0.29) is 15.5 Å². The summed E-state index contributed by atoms with van der Waals surface area (Å²) in [7, 11) is -3.58. The molecular weight excluding hydrogens is 312 g/mol. The molecule has 1 amide bonds. The number of thiophene rings is 1. The third-order valence-electron chi connectivity index (χ3n) is 2.70. The number of pyridine rings is 1. The largest absolute Gasteiger partial charge is 0.396 e. The van der Waals surface area contributed by atoms with Crippen molar-refractivity contribution in [1.29, 1.82) is 0 Å². The predicted molar refractivity (Wildman–Crippen MR) is 81.9 cm³/mol. The first kappa shape index (κ1) is 15.3. The average Bonchev–Trinajstić information content (AvgIpc) is 2.74. The zero-order chi connectivity index (χ0) is 15.6. The molecule has 112 valence electrons. The van der Waals surface area contributed by atoms with Gasteiger partial charge in [0.25, 0.3) is 5.91 Å². The highest BCUT2D eigenvalue weighted by Crippen LogP contribution is 2.39. The number of carbonyl (C=O) groups excluding carboxylic acids is 1. The number of anilines is 2. The molecule has 0 radical (unpaired) electrons. The van der Waals surface area contributed by atoms with Crippen molar-refractivity contribution < 1.29 is 13.2 Å². The van der Waals surface area contributed by atoms with Crippen molar-refractivity contribution in [2.75, 3.05) is 17.3 Å². The molecule has 0 saturated carbocycles. The number of carbonyl (C=O) groups is 1. The molecule has 9 heteroatoms. The molecule has 0 aromatic carbocycles. The molecule has 2 heterocycles. The molecule has 0 aliphatic rings. The van der Waals surface area contributed by atoms with Gasteiger partial charge in [-0.05, 0) is 17.7 Å². The predicted octanol–water partition coefficient (Wildman–Crippen LogP) is 0.840. The summed E-state index contributed by atoms with van der Waals surface area (Å²) >= 11 is 0.935. The first-order chi connectivity index (χ1) is 9.80. The standard InChI is InChI=1S/C12H14N4O3S2/c1-21(18,19)10-8(13)9(11(14)17)20-12(10)16-6-7-2-4-15-5-3-7/h2-5,16H,6,13H2,1H3,(H2,14,17). The quantitative estimate of drug-likeness (QED) is 0.747. The Labute approximate surface area is 125 Å².